The molecule has 0 radical (unpaired) electrons. The zero-order valence-electron chi connectivity index (χ0n) is 99.3. The summed E-state index contributed by atoms with van der Waals surface area (Å²) in [6.45, 7) is 74.8. The fourth-order valence-corrected chi connectivity index (χ4v) is 14.1. The summed E-state index contributed by atoms with van der Waals surface area (Å²) in [5.41, 5.74) is 16.4. The Morgan fingerprint density at radius 2 is 0.356 bits per heavy atom. The number of rotatable bonds is 28. The molecule has 0 N–H and O–H groups in total. The van der Waals surface area contributed by atoms with Crippen molar-refractivity contribution in [3.63, 3.8) is 0 Å². The minimum absolute atomic E-state index is 0.263. The molecule has 12 rings (SSSR count). The van der Waals surface area contributed by atoms with Gasteiger partial charge in [0, 0.05) is 36.5 Å². The minimum Gasteiger partial charge on any atom is -0.103 e. The van der Waals surface area contributed by atoms with Crippen LogP contribution in [0.15, 0.2) is 413 Å². The first-order valence-corrected chi connectivity index (χ1v) is 56.8. The van der Waals surface area contributed by atoms with Crippen LogP contribution >= 0.6 is 0 Å². The monoisotopic (exact) mass is 1960 g/mol. The Morgan fingerprint density at radius 1 is 0.178 bits per heavy atom. The predicted molar refractivity (Wildman–Crippen MR) is 668 cm³/mol. The molecule has 146 heavy (non-hydrogen) atoms. The molecule has 0 heterocycles. The van der Waals surface area contributed by atoms with E-state index in [0.717, 1.165) is 32.1 Å². The molecular formula is C146H208. The molecule has 0 heteroatoms. The smallest absolute Gasteiger partial charge is 0.0703 e. The third-order valence-corrected chi connectivity index (χ3v) is 22.4. The molecule has 12 atom stereocenters. The van der Waals surface area contributed by atoms with Crippen molar-refractivity contribution in [1.82, 2.24) is 0 Å². The van der Waals surface area contributed by atoms with Crippen LogP contribution in [0.5, 0.6) is 0 Å². The van der Waals surface area contributed by atoms with Gasteiger partial charge in [-0.25, -0.2) is 0 Å². The summed E-state index contributed by atoms with van der Waals surface area (Å²) in [4.78, 5) is 0. The average molecular weight is 1960 g/mol. The lowest BCUT2D eigenvalue weighted by atomic mass is 9.91. The van der Waals surface area contributed by atoms with Crippen LogP contribution < -0.4 is 0 Å². The van der Waals surface area contributed by atoms with Gasteiger partial charge in [0.2, 0.25) is 0 Å². The second kappa shape index (κ2) is 109. The van der Waals surface area contributed by atoms with Crippen molar-refractivity contribution in [1.29, 1.82) is 0 Å². The predicted octanol–water partition coefficient (Wildman–Crippen LogP) is 46.0. The SMILES string of the molecule is CC.CC.CC.CC.CC.CC.CC.CC.CC.CC.CC.CC.CC(/C=C/C/C=C/C(C)c1ccccc1)c1ccccc1.CC(/C=C/CCC(C)c1ccccc1)c1ccccc1.CC(C#CC/C=C/C(C)c1ccccc1)c1ccccc1.CC(C#CCC#CC(C)c1ccccc1)c1ccccc1.CC(C#CCCC(C)c1ccccc1)c1ccccc1.CC(CCCC(C)c1ccccc1)c1ccccc1. The first-order valence-electron chi connectivity index (χ1n) is 56.8. The third kappa shape index (κ3) is 73.0. The standard InChI is InChI=1S/C21H24.C21H22.C21H20.C20H24.C20H22.C19H24.12C2H6/c3*1-18(20-14-8-4-9-15-20)12-6-3-7-13-19(2)21-16-10-5-11-17-21;2*1-17(19-13-5-3-6-14-19)11-9-10-12-18(2)20-15-7-4-8-16-20;1-16(18-12-5-3-6-13-18)10-9-11-17(2)19-14-7-4-8-15-19;12*1-2/h4-19H,3H2,1-2H3;4-6,8-12,14-19H,3H2,1-2H3;4-5,8-11,14-19H,3H2,1-2H3;3-9,11,13-18H,10,12H2,1-2H3;3-8,13-18H,9,11H2,1-2H3;3-8,12-17H,9-11H2,1-2H3;12*1-2H3/b12-6+,13-7+;12-6+;;11-9+;;;;;;;;;;;;;;. The Bertz CT molecular complexity index is 4890. The van der Waals surface area contributed by atoms with E-state index in [4.69, 9.17) is 0 Å². The zero-order chi connectivity index (χ0) is 111. The van der Waals surface area contributed by atoms with Crippen LogP contribution in [-0.4, -0.2) is 0 Å². The minimum atomic E-state index is 0.263. The van der Waals surface area contributed by atoms with Gasteiger partial charge in [0.15, 0.2) is 0 Å². The van der Waals surface area contributed by atoms with Crippen molar-refractivity contribution < 1.29 is 0 Å². The molecule has 0 aliphatic rings. The van der Waals surface area contributed by atoms with Gasteiger partial charge in [-0.05, 0) is 180 Å². The van der Waals surface area contributed by atoms with E-state index in [2.05, 4.69) is 519 Å². The van der Waals surface area contributed by atoms with Crippen LogP contribution in [0.2, 0.25) is 0 Å². The summed E-state index contributed by atoms with van der Waals surface area (Å²) in [6, 6.07) is 127. The molecule has 0 saturated carbocycles. The molecule has 12 unspecified atom stereocenters. The molecule has 792 valence electrons. The second-order valence-electron chi connectivity index (χ2n) is 32.2. The summed E-state index contributed by atoms with van der Waals surface area (Å²) < 4.78 is 0. The van der Waals surface area contributed by atoms with Crippen molar-refractivity contribution in [2.45, 2.75) is 384 Å². The highest BCUT2D eigenvalue weighted by Gasteiger charge is 2.11. The molecule has 0 bridgehead atoms. The van der Waals surface area contributed by atoms with Crippen LogP contribution in [0.4, 0.5) is 0 Å². The summed E-state index contributed by atoms with van der Waals surface area (Å²) in [5.74, 6) is 31.7. The molecule has 0 aromatic heterocycles. The molecule has 12 aromatic carbocycles. The fraction of sp³-hybridized carbons (Fsp3) is 0.397. The Kier molecular flexibility index (Phi) is 107. The maximum Gasteiger partial charge on any atom is 0.0703 e. The molecule has 0 saturated heterocycles. The first kappa shape index (κ1) is 145. The molecule has 0 spiro atoms. The van der Waals surface area contributed by atoms with Crippen LogP contribution in [-0.2, 0) is 0 Å². The highest BCUT2D eigenvalue weighted by molar-refractivity contribution is 5.35. The first-order chi connectivity index (χ1) is 71.6. The van der Waals surface area contributed by atoms with Crippen molar-refractivity contribution in [3.8, 4) is 47.4 Å². The summed E-state index contributed by atoms with van der Waals surface area (Å²) in [5, 5.41) is 0. The maximum absolute atomic E-state index is 3.36. The van der Waals surface area contributed by atoms with Crippen LogP contribution in [0.1, 0.15) is 451 Å². The lowest BCUT2D eigenvalue weighted by Crippen LogP contribution is -1.97. The molecular weight excluding hydrogens is 1750 g/mol. The van der Waals surface area contributed by atoms with Crippen molar-refractivity contribution in [3.05, 3.63) is 479 Å². The van der Waals surface area contributed by atoms with Gasteiger partial charge in [-0.1, -0.05) is 682 Å². The normalized spacial score (nSPS) is 11.9. The Morgan fingerprint density at radius 3 is 0.589 bits per heavy atom. The fourth-order valence-electron chi connectivity index (χ4n) is 14.1. The lowest BCUT2D eigenvalue weighted by Gasteiger charge is -2.15. The average Bonchev–Trinajstić information content (AvgIpc) is 0.902. The lowest BCUT2D eigenvalue weighted by molar-refractivity contribution is 0.561. The van der Waals surface area contributed by atoms with Crippen LogP contribution in [0.25, 0.3) is 0 Å². The van der Waals surface area contributed by atoms with E-state index in [0.29, 0.717) is 65.6 Å². The Labute approximate surface area is 904 Å². The van der Waals surface area contributed by atoms with Crippen LogP contribution in [0.3, 0.4) is 0 Å². The van der Waals surface area contributed by atoms with Crippen LogP contribution in [0, 0.1) is 47.4 Å². The van der Waals surface area contributed by atoms with E-state index in [9.17, 15) is 0 Å². The molecule has 0 fully saturated rings. The number of hydrogen-bond acceptors (Lipinski definition) is 0. The van der Waals surface area contributed by atoms with Gasteiger partial charge in [0.1, 0.15) is 0 Å². The molecule has 0 aliphatic heterocycles. The van der Waals surface area contributed by atoms with E-state index in [1.54, 1.807) is 0 Å². The van der Waals surface area contributed by atoms with Crippen molar-refractivity contribution >= 4 is 0 Å². The van der Waals surface area contributed by atoms with Gasteiger partial charge in [0.05, 0.1) is 6.42 Å². The van der Waals surface area contributed by atoms with Gasteiger partial charge in [-0.2, -0.15) is 0 Å². The third-order valence-electron chi connectivity index (χ3n) is 22.4. The summed E-state index contributed by atoms with van der Waals surface area (Å²) in [7, 11) is 0. The highest BCUT2D eigenvalue weighted by atomic mass is 14.2. The van der Waals surface area contributed by atoms with Gasteiger partial charge < -0.3 is 0 Å². The van der Waals surface area contributed by atoms with Gasteiger partial charge >= 0.3 is 0 Å². The van der Waals surface area contributed by atoms with Crippen molar-refractivity contribution in [2.24, 2.45) is 0 Å². The molecule has 0 aliphatic carbocycles. The quantitative estimate of drug-likeness (QED) is 0.0339. The second-order valence-corrected chi connectivity index (χ2v) is 32.2. The van der Waals surface area contributed by atoms with Gasteiger partial charge in [0.25, 0.3) is 0 Å². The van der Waals surface area contributed by atoms with E-state index >= 15 is 0 Å². The number of hydrogen-bond donors (Lipinski definition) is 0. The van der Waals surface area contributed by atoms with E-state index < -0.39 is 0 Å². The summed E-state index contributed by atoms with van der Waals surface area (Å²) >= 11 is 0. The maximum atomic E-state index is 3.36. The van der Waals surface area contributed by atoms with Gasteiger partial charge in [-0.3, -0.25) is 0 Å². The molecule has 12 aromatic rings. The Balaban J connectivity index is -0.000000386. The highest BCUT2D eigenvalue weighted by Crippen LogP contribution is 2.29. The zero-order valence-corrected chi connectivity index (χ0v) is 99.3. The van der Waals surface area contributed by atoms with E-state index in [1.807, 2.05) is 190 Å². The number of allylic oxidation sites excluding steroid dienone is 8. The molecule has 0 amide bonds. The van der Waals surface area contributed by atoms with E-state index in [1.165, 1.54) is 92.4 Å². The largest absolute Gasteiger partial charge is 0.103 e. The van der Waals surface area contributed by atoms with Crippen molar-refractivity contribution in [2.75, 3.05) is 0 Å². The number of benzene rings is 12. The topological polar surface area (TPSA) is 0 Å². The van der Waals surface area contributed by atoms with Gasteiger partial charge in [-0.15, -0.1) is 5.92 Å². The summed E-state index contributed by atoms with van der Waals surface area (Å²) in [6.07, 6.45) is 28.9. The Hall–Kier alpha value is -12.2. The van der Waals surface area contributed by atoms with E-state index in [-0.39, 0.29) is 11.8 Å². The molecule has 0 nitrogen and oxygen atoms in total.